The van der Waals surface area contributed by atoms with Gasteiger partial charge >= 0.3 is 0 Å². The molecule has 0 unspecified atom stereocenters. The molecule has 8 nitrogen and oxygen atoms in total. The summed E-state index contributed by atoms with van der Waals surface area (Å²) in [6, 6.07) is 19.7. The van der Waals surface area contributed by atoms with Crippen molar-refractivity contribution >= 4 is 57.8 Å². The van der Waals surface area contributed by atoms with Crippen LogP contribution >= 0.6 is 23.4 Å². The molecule has 0 fully saturated rings. The highest BCUT2D eigenvalue weighted by atomic mass is 35.5. The van der Waals surface area contributed by atoms with E-state index >= 15 is 0 Å². The molecule has 0 saturated carbocycles. The minimum absolute atomic E-state index is 0.00973. The SMILES string of the molecule is COc1cc(OC)c(NC(=O)CSC2=N/C(=C\c3ccccc3OC)C(=O)N2c2ccccc2)cc1Cl. The number of carbonyl (C=O) groups excluding carboxylic acids is 2. The Balaban J connectivity index is 1.58. The predicted molar refractivity (Wildman–Crippen MR) is 148 cm³/mol. The number of nitrogens with one attached hydrogen (secondary N) is 1. The molecule has 0 aliphatic carbocycles. The Morgan fingerprint density at radius 2 is 1.65 bits per heavy atom. The van der Waals surface area contributed by atoms with E-state index < -0.39 is 0 Å². The number of amides is 2. The van der Waals surface area contributed by atoms with Crippen molar-refractivity contribution in [1.29, 1.82) is 0 Å². The molecule has 0 atom stereocenters. The number of anilines is 2. The second-order valence-electron chi connectivity index (χ2n) is 7.67. The lowest BCUT2D eigenvalue weighted by atomic mass is 10.1. The molecule has 1 aliphatic heterocycles. The quantitative estimate of drug-likeness (QED) is 0.383. The number of amidine groups is 1. The van der Waals surface area contributed by atoms with Gasteiger partial charge in [0.1, 0.15) is 22.9 Å². The number of nitrogens with zero attached hydrogens (tertiary/aromatic N) is 2. The molecular formula is C27H24ClN3O5S. The summed E-state index contributed by atoms with van der Waals surface area (Å²) in [7, 11) is 4.55. The summed E-state index contributed by atoms with van der Waals surface area (Å²) < 4.78 is 15.9. The lowest BCUT2D eigenvalue weighted by molar-refractivity contribution is -0.114. The first kappa shape index (κ1) is 26.1. The molecule has 190 valence electrons. The van der Waals surface area contributed by atoms with E-state index in [4.69, 9.17) is 25.8 Å². The van der Waals surface area contributed by atoms with Crippen molar-refractivity contribution in [3.05, 3.63) is 83.0 Å². The van der Waals surface area contributed by atoms with Crippen molar-refractivity contribution in [3.8, 4) is 17.2 Å². The fourth-order valence-corrected chi connectivity index (χ4v) is 4.66. The molecule has 10 heteroatoms. The second kappa shape index (κ2) is 11.9. The van der Waals surface area contributed by atoms with E-state index in [2.05, 4.69) is 10.3 Å². The Hall–Kier alpha value is -3.95. The maximum absolute atomic E-state index is 13.4. The van der Waals surface area contributed by atoms with Gasteiger partial charge in [0.25, 0.3) is 5.91 Å². The van der Waals surface area contributed by atoms with Crippen LogP contribution in [0.25, 0.3) is 6.08 Å². The van der Waals surface area contributed by atoms with Gasteiger partial charge in [-0.1, -0.05) is 59.8 Å². The first-order chi connectivity index (χ1) is 17.9. The van der Waals surface area contributed by atoms with E-state index in [1.165, 1.54) is 19.1 Å². The number of rotatable bonds is 8. The standard InChI is InChI=1S/C27H24ClN3O5S/c1-34-22-12-8-7-9-17(22)13-21-26(33)31(18-10-5-4-6-11-18)27(30-21)37-16-25(32)29-20-14-19(28)23(35-2)15-24(20)36-3/h4-15H,16H2,1-3H3,(H,29,32)/b21-13-. The number of methoxy groups -OCH3 is 3. The summed E-state index contributed by atoms with van der Waals surface area (Å²) in [6.45, 7) is 0. The number of thioether (sulfide) groups is 1. The van der Waals surface area contributed by atoms with Gasteiger partial charge in [0.2, 0.25) is 5.91 Å². The van der Waals surface area contributed by atoms with E-state index in [0.29, 0.717) is 38.8 Å². The Kier molecular flexibility index (Phi) is 8.37. The molecule has 1 heterocycles. The molecule has 2 amide bonds. The normalized spacial score (nSPS) is 13.9. The molecule has 1 N–H and O–H groups in total. The summed E-state index contributed by atoms with van der Waals surface area (Å²) >= 11 is 7.35. The molecule has 0 saturated heterocycles. The highest BCUT2D eigenvalue weighted by molar-refractivity contribution is 8.14. The van der Waals surface area contributed by atoms with Crippen LogP contribution in [0.1, 0.15) is 5.56 Å². The van der Waals surface area contributed by atoms with Crippen molar-refractivity contribution in [2.45, 2.75) is 0 Å². The average Bonchev–Trinajstić information content (AvgIpc) is 3.23. The maximum Gasteiger partial charge on any atom is 0.283 e. The Morgan fingerprint density at radius 1 is 0.973 bits per heavy atom. The zero-order valence-electron chi connectivity index (χ0n) is 20.4. The molecular weight excluding hydrogens is 514 g/mol. The van der Waals surface area contributed by atoms with Gasteiger partial charge in [0.15, 0.2) is 5.17 Å². The van der Waals surface area contributed by atoms with Gasteiger partial charge in [-0.2, -0.15) is 0 Å². The molecule has 0 bridgehead atoms. The molecule has 0 radical (unpaired) electrons. The van der Waals surface area contributed by atoms with Gasteiger partial charge in [-0.05, 0) is 30.3 Å². The van der Waals surface area contributed by atoms with Crippen molar-refractivity contribution in [2.75, 3.05) is 37.3 Å². The third kappa shape index (κ3) is 5.90. The van der Waals surface area contributed by atoms with Crippen LogP contribution in [-0.2, 0) is 9.59 Å². The monoisotopic (exact) mass is 537 g/mol. The number of ether oxygens (including phenoxy) is 3. The van der Waals surface area contributed by atoms with Crippen LogP contribution in [0.4, 0.5) is 11.4 Å². The molecule has 0 spiro atoms. The summed E-state index contributed by atoms with van der Waals surface area (Å²) in [5.74, 6) is 0.818. The van der Waals surface area contributed by atoms with Crippen molar-refractivity contribution < 1.29 is 23.8 Å². The van der Waals surface area contributed by atoms with E-state index in [0.717, 1.165) is 17.3 Å². The number of hydrogen-bond acceptors (Lipinski definition) is 7. The number of aliphatic imine (C=N–C) groups is 1. The van der Waals surface area contributed by atoms with Crippen LogP contribution in [0.3, 0.4) is 0 Å². The van der Waals surface area contributed by atoms with E-state index in [9.17, 15) is 9.59 Å². The zero-order chi connectivity index (χ0) is 26.4. The summed E-state index contributed by atoms with van der Waals surface area (Å²) in [6.07, 6.45) is 1.68. The Morgan fingerprint density at radius 3 is 2.35 bits per heavy atom. The van der Waals surface area contributed by atoms with Crippen LogP contribution in [0.2, 0.25) is 5.02 Å². The van der Waals surface area contributed by atoms with Crippen LogP contribution in [-0.4, -0.2) is 44.1 Å². The van der Waals surface area contributed by atoms with Crippen LogP contribution in [0, 0.1) is 0 Å². The first-order valence-electron chi connectivity index (χ1n) is 11.1. The number of benzene rings is 3. The fraction of sp³-hybridized carbons (Fsp3) is 0.148. The zero-order valence-corrected chi connectivity index (χ0v) is 21.9. The highest BCUT2D eigenvalue weighted by Crippen LogP contribution is 2.36. The summed E-state index contributed by atoms with van der Waals surface area (Å²) in [4.78, 5) is 32.3. The lowest BCUT2D eigenvalue weighted by Gasteiger charge is -2.18. The number of para-hydroxylation sites is 2. The average molecular weight is 538 g/mol. The third-order valence-corrected chi connectivity index (χ3v) is 6.59. The van der Waals surface area contributed by atoms with Gasteiger partial charge < -0.3 is 19.5 Å². The van der Waals surface area contributed by atoms with E-state index in [1.54, 1.807) is 25.3 Å². The Bertz CT molecular complexity index is 1380. The first-order valence-corrected chi connectivity index (χ1v) is 12.5. The maximum atomic E-state index is 13.4. The smallest absolute Gasteiger partial charge is 0.283 e. The summed E-state index contributed by atoms with van der Waals surface area (Å²) in [5.41, 5.74) is 2.00. The second-order valence-corrected chi connectivity index (χ2v) is 9.02. The lowest BCUT2D eigenvalue weighted by Crippen LogP contribution is -2.31. The predicted octanol–water partition coefficient (Wildman–Crippen LogP) is 5.48. The molecule has 4 rings (SSSR count). The molecule has 0 aromatic heterocycles. The third-order valence-electron chi connectivity index (χ3n) is 5.36. The van der Waals surface area contributed by atoms with Gasteiger partial charge in [-0.25, -0.2) is 4.99 Å². The minimum Gasteiger partial charge on any atom is -0.496 e. The van der Waals surface area contributed by atoms with Gasteiger partial charge in [-0.15, -0.1) is 0 Å². The van der Waals surface area contributed by atoms with Crippen molar-refractivity contribution in [1.82, 2.24) is 0 Å². The number of hydrogen-bond donors (Lipinski definition) is 1. The van der Waals surface area contributed by atoms with Crippen LogP contribution < -0.4 is 24.4 Å². The van der Waals surface area contributed by atoms with Gasteiger partial charge in [0.05, 0.1) is 43.5 Å². The van der Waals surface area contributed by atoms with Crippen LogP contribution in [0.5, 0.6) is 17.2 Å². The number of halogens is 1. The molecule has 3 aromatic rings. The summed E-state index contributed by atoms with van der Waals surface area (Å²) in [5, 5.41) is 3.51. The minimum atomic E-state index is -0.324. The molecule has 3 aromatic carbocycles. The van der Waals surface area contributed by atoms with E-state index in [1.807, 2.05) is 54.6 Å². The number of carbonyl (C=O) groups is 2. The topological polar surface area (TPSA) is 89.5 Å². The largest absolute Gasteiger partial charge is 0.496 e. The Labute approximate surface area is 223 Å². The van der Waals surface area contributed by atoms with Gasteiger partial charge in [0, 0.05) is 11.6 Å². The van der Waals surface area contributed by atoms with E-state index in [-0.39, 0.29) is 23.3 Å². The molecule has 1 aliphatic rings. The fourth-order valence-electron chi connectivity index (χ4n) is 3.60. The van der Waals surface area contributed by atoms with Gasteiger partial charge in [-0.3, -0.25) is 14.5 Å². The highest BCUT2D eigenvalue weighted by Gasteiger charge is 2.32. The van der Waals surface area contributed by atoms with Crippen molar-refractivity contribution in [2.24, 2.45) is 4.99 Å². The van der Waals surface area contributed by atoms with Crippen LogP contribution in [0.15, 0.2) is 77.4 Å². The van der Waals surface area contributed by atoms with Crippen molar-refractivity contribution in [3.63, 3.8) is 0 Å². The molecule has 37 heavy (non-hydrogen) atoms.